The van der Waals surface area contributed by atoms with Gasteiger partial charge in [-0.1, -0.05) is 0 Å². The number of aromatic nitrogens is 2. The van der Waals surface area contributed by atoms with Crippen molar-refractivity contribution >= 4 is 10.9 Å². The van der Waals surface area contributed by atoms with Crippen molar-refractivity contribution < 1.29 is 5.11 Å². The van der Waals surface area contributed by atoms with E-state index in [2.05, 4.69) is 10.2 Å². The predicted octanol–water partition coefficient (Wildman–Crippen LogP) is 1.64. The minimum Gasteiger partial charge on any atom is -0.508 e. The van der Waals surface area contributed by atoms with Crippen LogP contribution < -0.4 is 0 Å². The van der Waals surface area contributed by atoms with E-state index in [1.165, 1.54) is 0 Å². The number of phenols is 1. The summed E-state index contributed by atoms with van der Waals surface area (Å²) in [5.41, 5.74) is 1.58. The number of fused-ring (bicyclic) bond motifs is 1. The number of rotatable bonds is 0. The first-order valence-electron chi connectivity index (χ1n) is 3.68. The molecule has 3 nitrogen and oxygen atoms in total. The Kier molecular flexibility index (Phi) is 1.43. The van der Waals surface area contributed by atoms with E-state index in [1.54, 1.807) is 12.3 Å². The highest BCUT2D eigenvalue weighted by Gasteiger charge is 1.99. The van der Waals surface area contributed by atoms with Gasteiger partial charge in [0.15, 0.2) is 0 Å². The number of benzene rings is 1. The molecule has 0 aliphatic rings. The molecule has 0 radical (unpaired) electrons. The van der Waals surface area contributed by atoms with E-state index in [0.717, 1.165) is 16.5 Å². The topological polar surface area (TPSA) is 46.0 Å². The summed E-state index contributed by atoms with van der Waals surface area (Å²) in [5.74, 6) is 0.267. The lowest BCUT2D eigenvalue weighted by molar-refractivity contribution is 0.472. The average molecular weight is 160 g/mol. The van der Waals surface area contributed by atoms with Gasteiger partial charge in [0.05, 0.1) is 11.7 Å². The van der Waals surface area contributed by atoms with Crippen molar-refractivity contribution in [3.05, 3.63) is 30.0 Å². The maximum absolute atomic E-state index is 9.35. The van der Waals surface area contributed by atoms with Crippen molar-refractivity contribution in [2.24, 2.45) is 0 Å². The average Bonchev–Trinajstić information content (AvgIpc) is 2.07. The van der Waals surface area contributed by atoms with Crippen LogP contribution in [0.15, 0.2) is 24.4 Å². The summed E-state index contributed by atoms with van der Waals surface area (Å²) in [6.45, 7) is 1.86. The molecule has 0 aliphatic carbocycles. The van der Waals surface area contributed by atoms with Gasteiger partial charge in [-0.25, -0.2) is 0 Å². The van der Waals surface area contributed by atoms with Gasteiger partial charge in [0.2, 0.25) is 0 Å². The summed E-state index contributed by atoms with van der Waals surface area (Å²) in [4.78, 5) is 0. The molecule has 0 saturated carbocycles. The second-order valence-electron chi connectivity index (χ2n) is 2.73. The van der Waals surface area contributed by atoms with E-state index in [1.807, 2.05) is 19.1 Å². The number of nitrogens with zero attached hydrogens (tertiary/aromatic N) is 2. The molecular formula is C9H8N2O. The van der Waals surface area contributed by atoms with E-state index >= 15 is 0 Å². The van der Waals surface area contributed by atoms with Crippen LogP contribution in [0.3, 0.4) is 0 Å². The van der Waals surface area contributed by atoms with Crippen molar-refractivity contribution in [1.82, 2.24) is 10.2 Å². The molecule has 0 spiro atoms. The van der Waals surface area contributed by atoms with Gasteiger partial charge >= 0.3 is 0 Å². The van der Waals surface area contributed by atoms with Crippen LogP contribution in [-0.4, -0.2) is 15.3 Å². The zero-order valence-electron chi connectivity index (χ0n) is 6.65. The summed E-state index contributed by atoms with van der Waals surface area (Å²) in [6.07, 6.45) is 1.64. The van der Waals surface area contributed by atoms with Crippen molar-refractivity contribution in [3.63, 3.8) is 0 Å². The molecular weight excluding hydrogens is 152 g/mol. The van der Waals surface area contributed by atoms with E-state index in [4.69, 9.17) is 0 Å². The second-order valence-corrected chi connectivity index (χ2v) is 2.73. The summed E-state index contributed by atoms with van der Waals surface area (Å²) >= 11 is 0. The van der Waals surface area contributed by atoms with Crippen LogP contribution in [0.5, 0.6) is 5.75 Å². The monoisotopic (exact) mass is 160 g/mol. The van der Waals surface area contributed by atoms with Gasteiger partial charge in [-0.3, -0.25) is 0 Å². The molecule has 1 aromatic heterocycles. The summed E-state index contributed by atoms with van der Waals surface area (Å²) < 4.78 is 0. The smallest absolute Gasteiger partial charge is 0.120 e. The quantitative estimate of drug-likeness (QED) is 0.637. The largest absolute Gasteiger partial charge is 0.508 e. The fraction of sp³-hybridized carbons (Fsp3) is 0.111. The maximum atomic E-state index is 9.35. The highest BCUT2D eigenvalue weighted by molar-refractivity contribution is 5.80. The predicted molar refractivity (Wildman–Crippen MR) is 45.9 cm³/mol. The van der Waals surface area contributed by atoms with Gasteiger partial charge in [0.25, 0.3) is 0 Å². The molecule has 0 atom stereocenters. The zero-order valence-corrected chi connectivity index (χ0v) is 6.65. The molecule has 2 aromatic rings. The number of aryl methyl sites for hydroxylation is 1. The lowest BCUT2D eigenvalue weighted by atomic mass is 10.1. The normalized spacial score (nSPS) is 10.4. The maximum Gasteiger partial charge on any atom is 0.120 e. The lowest BCUT2D eigenvalue weighted by Crippen LogP contribution is -1.83. The fourth-order valence-electron chi connectivity index (χ4n) is 1.14. The molecule has 1 aromatic carbocycles. The van der Waals surface area contributed by atoms with Crippen LogP contribution in [-0.2, 0) is 0 Å². The Balaban J connectivity index is 2.84. The summed E-state index contributed by atoms with van der Waals surface area (Å²) in [7, 11) is 0. The standard InChI is InChI=1S/C9H8N2O/c1-6-4-7-2-3-10-11-8(7)5-9(6)12/h2-5,12H,1H3. The SMILES string of the molecule is Cc1cc2ccnnc2cc1O. The number of hydrogen-bond donors (Lipinski definition) is 1. The number of phenolic OH excluding ortho intramolecular Hbond substituents is 1. The molecule has 0 unspecified atom stereocenters. The first-order chi connectivity index (χ1) is 5.77. The van der Waals surface area contributed by atoms with Crippen LogP contribution in [0.2, 0.25) is 0 Å². The summed E-state index contributed by atoms with van der Waals surface area (Å²) in [5, 5.41) is 17.9. The van der Waals surface area contributed by atoms with Gasteiger partial charge in [0, 0.05) is 11.5 Å². The summed E-state index contributed by atoms with van der Waals surface area (Å²) in [6, 6.07) is 5.38. The van der Waals surface area contributed by atoms with E-state index in [9.17, 15) is 5.11 Å². The highest BCUT2D eigenvalue weighted by atomic mass is 16.3. The molecule has 0 amide bonds. The Morgan fingerprint density at radius 1 is 1.33 bits per heavy atom. The molecule has 1 heterocycles. The zero-order chi connectivity index (χ0) is 8.55. The fourth-order valence-corrected chi connectivity index (χ4v) is 1.14. The van der Waals surface area contributed by atoms with Gasteiger partial charge < -0.3 is 5.11 Å². The minimum atomic E-state index is 0.267. The third-order valence-electron chi connectivity index (χ3n) is 1.83. The molecule has 1 N–H and O–H groups in total. The highest BCUT2D eigenvalue weighted by Crippen LogP contribution is 2.21. The van der Waals surface area contributed by atoms with Crippen LogP contribution in [0, 0.1) is 6.92 Å². The molecule has 0 fully saturated rings. The van der Waals surface area contributed by atoms with Crippen LogP contribution in [0.4, 0.5) is 0 Å². The first-order valence-corrected chi connectivity index (χ1v) is 3.68. The van der Waals surface area contributed by atoms with Crippen molar-refractivity contribution in [2.45, 2.75) is 6.92 Å². The Morgan fingerprint density at radius 3 is 3.00 bits per heavy atom. The van der Waals surface area contributed by atoms with Crippen molar-refractivity contribution in [2.75, 3.05) is 0 Å². The lowest BCUT2D eigenvalue weighted by Gasteiger charge is -1.99. The number of hydrogen-bond acceptors (Lipinski definition) is 3. The third kappa shape index (κ3) is 0.993. The van der Waals surface area contributed by atoms with Gasteiger partial charge in [0.1, 0.15) is 5.75 Å². The molecule has 0 bridgehead atoms. The van der Waals surface area contributed by atoms with Gasteiger partial charge in [-0.15, -0.1) is 0 Å². The minimum absolute atomic E-state index is 0.267. The van der Waals surface area contributed by atoms with Crippen molar-refractivity contribution in [1.29, 1.82) is 0 Å². The Hall–Kier alpha value is -1.64. The van der Waals surface area contributed by atoms with Gasteiger partial charge in [-0.05, 0) is 24.6 Å². The Labute approximate surface area is 69.7 Å². The van der Waals surface area contributed by atoms with Crippen LogP contribution >= 0.6 is 0 Å². The second kappa shape index (κ2) is 2.44. The van der Waals surface area contributed by atoms with E-state index in [0.29, 0.717) is 0 Å². The third-order valence-corrected chi connectivity index (χ3v) is 1.83. The van der Waals surface area contributed by atoms with Crippen LogP contribution in [0.1, 0.15) is 5.56 Å². The van der Waals surface area contributed by atoms with Crippen LogP contribution in [0.25, 0.3) is 10.9 Å². The Bertz CT molecular complexity index is 385. The molecule has 60 valence electrons. The molecule has 2 rings (SSSR count). The van der Waals surface area contributed by atoms with Crippen molar-refractivity contribution in [3.8, 4) is 5.75 Å². The number of aromatic hydroxyl groups is 1. The van der Waals surface area contributed by atoms with E-state index < -0.39 is 0 Å². The van der Waals surface area contributed by atoms with Gasteiger partial charge in [-0.2, -0.15) is 10.2 Å². The molecule has 3 heteroatoms. The Morgan fingerprint density at radius 2 is 2.17 bits per heavy atom. The first kappa shape index (κ1) is 7.03. The molecule has 0 aliphatic heterocycles. The molecule has 12 heavy (non-hydrogen) atoms. The van der Waals surface area contributed by atoms with E-state index in [-0.39, 0.29) is 5.75 Å². The molecule has 0 saturated heterocycles.